The van der Waals surface area contributed by atoms with Gasteiger partial charge in [0.15, 0.2) is 5.65 Å². The third kappa shape index (κ3) is 10.1. The van der Waals surface area contributed by atoms with Crippen LogP contribution in [0.25, 0.3) is 22.2 Å². The van der Waals surface area contributed by atoms with E-state index in [1.165, 1.54) is 24.4 Å². The van der Waals surface area contributed by atoms with Crippen LogP contribution in [0.3, 0.4) is 0 Å². The number of hydrogen-bond donors (Lipinski definition) is 5. The number of imidazole rings is 2. The number of nitrogens with two attached hydrogens (primary N) is 2. The number of ether oxygens (including phenoxy) is 2. The number of morpholine rings is 1. The summed E-state index contributed by atoms with van der Waals surface area (Å²) in [5.74, 6) is -1.80. The lowest BCUT2D eigenvalue weighted by Crippen LogP contribution is -2.43. The highest BCUT2D eigenvalue weighted by Gasteiger charge is 2.23. The molecule has 0 bridgehead atoms. The van der Waals surface area contributed by atoms with Gasteiger partial charge in [0.1, 0.15) is 28.2 Å². The fraction of sp³-hybridized carbons (Fsp3) is 0.381. The number of nitrogens with zero attached hydrogens (tertiary/aromatic N) is 10. The molecule has 0 atom stereocenters. The fourth-order valence-electron chi connectivity index (χ4n) is 7.30. The molecule has 64 heavy (non-hydrogen) atoms. The lowest BCUT2D eigenvalue weighted by molar-refractivity contribution is -0.123. The van der Waals surface area contributed by atoms with Crippen LogP contribution in [0.5, 0.6) is 5.75 Å². The molecule has 5 amide bonds. The molecule has 0 unspecified atom stereocenters. The van der Waals surface area contributed by atoms with Gasteiger partial charge in [0.25, 0.3) is 11.8 Å². The van der Waals surface area contributed by atoms with E-state index in [0.29, 0.717) is 97.3 Å². The van der Waals surface area contributed by atoms with E-state index >= 15 is 0 Å². The Morgan fingerprint density at radius 3 is 1.97 bits per heavy atom. The van der Waals surface area contributed by atoms with Crippen molar-refractivity contribution in [1.82, 2.24) is 53.9 Å². The minimum Gasteiger partial charge on any atom is -0.491 e. The number of amides is 5. The van der Waals surface area contributed by atoms with Crippen LogP contribution >= 0.6 is 0 Å². The van der Waals surface area contributed by atoms with Gasteiger partial charge < -0.3 is 30.8 Å². The minimum absolute atomic E-state index is 0.103. The van der Waals surface area contributed by atoms with Crippen molar-refractivity contribution in [1.29, 1.82) is 0 Å². The second-order valence-electron chi connectivity index (χ2n) is 15.0. The van der Waals surface area contributed by atoms with Crippen LogP contribution in [-0.2, 0) is 35.7 Å². The van der Waals surface area contributed by atoms with Gasteiger partial charge in [-0.1, -0.05) is 12.2 Å². The summed E-state index contributed by atoms with van der Waals surface area (Å²) in [6, 6.07) is 7.90. The van der Waals surface area contributed by atoms with Crippen molar-refractivity contribution in [3.63, 3.8) is 0 Å². The minimum atomic E-state index is -0.703. The first-order valence-electron chi connectivity index (χ1n) is 20.9. The highest BCUT2D eigenvalue weighted by atomic mass is 16.5. The van der Waals surface area contributed by atoms with Crippen LogP contribution in [0, 0.1) is 13.8 Å². The molecule has 22 heteroatoms. The van der Waals surface area contributed by atoms with Gasteiger partial charge in [-0.2, -0.15) is 10.2 Å². The van der Waals surface area contributed by atoms with E-state index in [1.807, 2.05) is 30.9 Å². The maximum Gasteiger partial charge on any atom is 0.276 e. The van der Waals surface area contributed by atoms with E-state index in [4.69, 9.17) is 25.9 Å². The van der Waals surface area contributed by atoms with Crippen LogP contribution < -0.4 is 32.2 Å². The summed E-state index contributed by atoms with van der Waals surface area (Å²) in [5.41, 5.74) is 15.1. The van der Waals surface area contributed by atoms with Crippen LogP contribution in [0.15, 0.2) is 48.7 Å². The van der Waals surface area contributed by atoms with E-state index in [1.54, 1.807) is 44.5 Å². The third-order valence-corrected chi connectivity index (χ3v) is 10.4. The van der Waals surface area contributed by atoms with Gasteiger partial charge in [0, 0.05) is 57.6 Å². The monoisotopic (exact) mass is 877 g/mol. The molecule has 1 aliphatic rings. The lowest BCUT2D eigenvalue weighted by Gasteiger charge is -2.25. The smallest absolute Gasteiger partial charge is 0.276 e. The molecule has 6 heterocycles. The summed E-state index contributed by atoms with van der Waals surface area (Å²) in [6.07, 6.45) is 5.42. The maximum atomic E-state index is 13.8. The molecule has 0 radical (unpaired) electrons. The van der Waals surface area contributed by atoms with Crippen molar-refractivity contribution in [2.75, 3.05) is 56.6 Å². The average molecular weight is 878 g/mol. The topological polar surface area (TPSA) is 279 Å². The number of hydrogen-bond acceptors (Lipinski definition) is 13. The Balaban J connectivity index is 1.18. The molecule has 0 aliphatic carbocycles. The number of benzene rings is 1. The van der Waals surface area contributed by atoms with E-state index in [9.17, 15) is 24.0 Å². The summed E-state index contributed by atoms with van der Waals surface area (Å²) >= 11 is 0. The van der Waals surface area contributed by atoms with E-state index in [-0.39, 0.29) is 60.9 Å². The molecule has 7 N–H and O–H groups in total. The van der Waals surface area contributed by atoms with Gasteiger partial charge in [-0.25, -0.2) is 15.0 Å². The Labute approximate surface area is 366 Å². The number of anilines is 2. The molecule has 1 aromatic carbocycles. The molecule has 1 aliphatic heterocycles. The Morgan fingerprint density at radius 1 is 0.781 bits per heavy atom. The Bertz CT molecular complexity index is 2760. The standard InChI is InChI=1S/C42H51N15O7/c1-5-56-31(18-25(3)51-56)39(61)49-41-47-29-20-27(36(43)59)22-33(64-15-9-10-45-34(58)24-53-13-16-63-17-14-53)35(29)54(41)11-7-8-12-55-38-30(21-28(23-46-38)37(44)60)48-42(55)50-40(62)32-19-26(4)52-57(32)6-2/h7-8,18-23H,5-6,9-17,24H2,1-4H3,(H2,43,59)(H2,44,60)(H,45,58)(H,47,49,61)(H,48,50,62)/b8-7+. The Hall–Kier alpha value is -7.46. The first-order valence-corrected chi connectivity index (χ1v) is 20.9. The van der Waals surface area contributed by atoms with E-state index in [2.05, 4.69) is 36.1 Å². The van der Waals surface area contributed by atoms with Crippen LogP contribution in [-0.4, -0.2) is 124 Å². The molecule has 5 aromatic heterocycles. The van der Waals surface area contributed by atoms with Crippen LogP contribution in [0.4, 0.5) is 11.9 Å². The Kier molecular flexibility index (Phi) is 13.7. The highest BCUT2D eigenvalue weighted by molar-refractivity contribution is 6.05. The molecule has 22 nitrogen and oxygen atoms in total. The molecule has 336 valence electrons. The van der Waals surface area contributed by atoms with Crippen molar-refractivity contribution in [3.05, 3.63) is 82.6 Å². The second kappa shape index (κ2) is 19.7. The molecule has 0 spiro atoms. The zero-order valence-corrected chi connectivity index (χ0v) is 36.1. The van der Waals surface area contributed by atoms with Crippen molar-refractivity contribution >= 4 is 63.6 Å². The fourth-order valence-corrected chi connectivity index (χ4v) is 7.30. The Morgan fingerprint density at radius 2 is 1.36 bits per heavy atom. The largest absolute Gasteiger partial charge is 0.491 e. The number of pyridine rings is 1. The summed E-state index contributed by atoms with van der Waals surface area (Å²) in [7, 11) is 0. The normalized spacial score (nSPS) is 13.2. The molecule has 1 fully saturated rings. The number of carbonyl (C=O) groups excluding carboxylic acids is 5. The van der Waals surface area contributed by atoms with E-state index < -0.39 is 23.6 Å². The van der Waals surface area contributed by atoms with Gasteiger partial charge in [0.05, 0.1) is 48.8 Å². The van der Waals surface area contributed by atoms with Crippen molar-refractivity contribution in [2.45, 2.75) is 60.3 Å². The molecular weight excluding hydrogens is 827 g/mol. The van der Waals surface area contributed by atoms with Crippen molar-refractivity contribution < 1.29 is 33.4 Å². The summed E-state index contributed by atoms with van der Waals surface area (Å²) in [6.45, 7) is 11.9. The van der Waals surface area contributed by atoms with Gasteiger partial charge >= 0.3 is 0 Å². The van der Waals surface area contributed by atoms with Crippen LogP contribution in [0.1, 0.15) is 73.3 Å². The molecule has 6 aromatic rings. The second-order valence-corrected chi connectivity index (χ2v) is 15.0. The predicted molar refractivity (Wildman–Crippen MR) is 235 cm³/mol. The number of allylic oxidation sites excluding steroid dienone is 2. The number of primary amides is 2. The van der Waals surface area contributed by atoms with Gasteiger partial charge in [-0.15, -0.1) is 0 Å². The maximum absolute atomic E-state index is 13.8. The number of aromatic nitrogens is 9. The molecule has 7 rings (SSSR count). The van der Waals surface area contributed by atoms with E-state index in [0.717, 1.165) is 0 Å². The first kappa shape index (κ1) is 44.6. The summed E-state index contributed by atoms with van der Waals surface area (Å²) in [4.78, 5) is 80.3. The summed E-state index contributed by atoms with van der Waals surface area (Å²) < 4.78 is 18.2. The third-order valence-electron chi connectivity index (χ3n) is 10.4. The number of nitrogens with one attached hydrogen (secondary N) is 3. The SMILES string of the molecule is CCn1nc(C)cc1C(=O)Nc1nc2cc(C(N)=O)cnc2n1C/C=C/Cn1c(NC(=O)c2cc(C)nn2CC)nc2cc(C(N)=O)cc(OCCCNC(=O)CN3CCOCC3)c21. The molecule has 1 saturated heterocycles. The van der Waals surface area contributed by atoms with Gasteiger partial charge in [-0.3, -0.25) is 53.4 Å². The highest BCUT2D eigenvalue weighted by Crippen LogP contribution is 2.32. The zero-order valence-electron chi connectivity index (χ0n) is 36.1. The quantitative estimate of drug-likeness (QED) is 0.0576. The molecule has 0 saturated carbocycles. The number of fused-ring (bicyclic) bond motifs is 2. The van der Waals surface area contributed by atoms with Crippen molar-refractivity contribution in [3.8, 4) is 5.75 Å². The number of carbonyl (C=O) groups is 5. The lowest BCUT2D eigenvalue weighted by atomic mass is 10.1. The number of aryl methyl sites for hydroxylation is 4. The zero-order chi connectivity index (χ0) is 45.5. The van der Waals surface area contributed by atoms with Gasteiger partial charge in [-0.05, 0) is 64.4 Å². The molecular formula is C42H51N15O7. The first-order chi connectivity index (χ1) is 30.8. The average Bonchev–Trinajstić information content (AvgIpc) is 4.04. The predicted octanol–water partition coefficient (Wildman–Crippen LogP) is 2.01. The number of rotatable bonds is 19. The van der Waals surface area contributed by atoms with Crippen molar-refractivity contribution in [2.24, 2.45) is 11.5 Å². The summed E-state index contributed by atoms with van der Waals surface area (Å²) in [5, 5.41) is 17.5. The van der Waals surface area contributed by atoms with Crippen LogP contribution in [0.2, 0.25) is 0 Å². The van der Waals surface area contributed by atoms with Gasteiger partial charge in [0.2, 0.25) is 29.6 Å².